The topological polar surface area (TPSA) is 143 Å². The summed E-state index contributed by atoms with van der Waals surface area (Å²) >= 11 is 8.47. The zero-order valence-electron chi connectivity index (χ0n) is 20.7. The molecule has 2 aliphatic heterocycles. The van der Waals surface area contributed by atoms with E-state index in [2.05, 4.69) is 5.32 Å². The summed E-state index contributed by atoms with van der Waals surface area (Å²) < 4.78 is 32.1. The predicted molar refractivity (Wildman–Crippen MR) is 160 cm³/mol. The van der Waals surface area contributed by atoms with Crippen LogP contribution in [0.15, 0.2) is 47.4 Å². The zero-order chi connectivity index (χ0) is 28.2. The molecule has 214 valence electrons. The Labute approximate surface area is 240 Å². The molecule has 2 heterocycles. The fourth-order valence-electron chi connectivity index (χ4n) is 4.22. The van der Waals surface area contributed by atoms with Gasteiger partial charge in [0.1, 0.15) is 5.82 Å². The maximum absolute atomic E-state index is 14.8. The number of carbonyl (C=O) groups excluding carboxylic acids is 1. The molecule has 10 nitrogen and oxygen atoms in total. The second-order valence-electron chi connectivity index (χ2n) is 9.05. The van der Waals surface area contributed by atoms with Crippen molar-refractivity contribution in [3.8, 4) is 0 Å². The summed E-state index contributed by atoms with van der Waals surface area (Å²) in [6, 6.07) is 11.5. The number of ether oxygens (including phenoxy) is 1. The van der Waals surface area contributed by atoms with Gasteiger partial charge in [-0.05, 0) is 18.2 Å². The van der Waals surface area contributed by atoms with Crippen LogP contribution in [0.25, 0.3) is 0 Å². The summed E-state index contributed by atoms with van der Waals surface area (Å²) in [5.74, 6) is 1.54. The summed E-state index contributed by atoms with van der Waals surface area (Å²) in [6.45, 7) is 2.08. The molecule has 2 unspecified atom stereocenters. The fraction of sp³-hybridized carbons (Fsp3) is 0.391. The van der Waals surface area contributed by atoms with E-state index in [4.69, 9.17) is 17.0 Å². The van der Waals surface area contributed by atoms with Crippen LogP contribution < -0.4 is 15.1 Å². The molecule has 2 saturated heterocycles. The Kier molecular flexibility index (Phi) is 10.5. The number of carbonyl (C=O) groups is 1. The van der Waals surface area contributed by atoms with E-state index in [1.165, 1.54) is 22.7 Å². The van der Waals surface area contributed by atoms with Crippen LogP contribution in [0.4, 0.5) is 20.6 Å². The molecule has 5 N–H and O–H groups in total. The van der Waals surface area contributed by atoms with Crippen LogP contribution in [0.2, 0.25) is 0 Å². The molecule has 0 aliphatic carbocycles. The normalized spacial score (nSPS) is 19.9. The van der Waals surface area contributed by atoms with Crippen molar-refractivity contribution in [1.29, 1.82) is 0 Å². The molecule has 2 aliphatic rings. The van der Waals surface area contributed by atoms with E-state index >= 15 is 0 Å². The number of cyclic esters (lactones) is 1. The summed E-state index contributed by atoms with van der Waals surface area (Å²) in [4.78, 5) is 54.3. The van der Waals surface area contributed by atoms with E-state index < -0.39 is 33.6 Å². The summed E-state index contributed by atoms with van der Waals surface area (Å²) in [7, 11) is -8.09. The van der Waals surface area contributed by atoms with Gasteiger partial charge in [-0.3, -0.25) is 4.90 Å². The van der Waals surface area contributed by atoms with Gasteiger partial charge < -0.3 is 4.90 Å². The number of nitrogens with one attached hydrogen (secondary N) is 1. The van der Waals surface area contributed by atoms with Crippen molar-refractivity contribution in [3.05, 3.63) is 53.8 Å². The summed E-state index contributed by atoms with van der Waals surface area (Å²) in [6.07, 6.45) is -1.19. The number of amides is 1. The first-order valence-electron chi connectivity index (χ1n) is 12.1. The fourth-order valence-corrected chi connectivity index (χ4v) is 8.38. The quantitative estimate of drug-likeness (QED) is 0.157. The van der Waals surface area contributed by atoms with Gasteiger partial charge >= 0.3 is 150 Å². The number of nitrogens with zero attached hydrogens (tertiary/aromatic N) is 2. The number of benzene rings is 2. The number of anilines is 2. The standard InChI is InChI=1S/C23H30FN3O7P2S3/c24-19-12-16(3-6-20(19)26-7-9-38-10-8-26)27-14-17(34-23(27)28)13-25-22(37)39-18-4-1-15(2-5-18)11-21(35(29)30)36(31,32)33/h1-6,12,17,21,31-33,35-36H,7-11,13-14H2,(H,25,37)(H,29,30)/t17-,21?/m0/s1. The van der Waals surface area contributed by atoms with Gasteiger partial charge in [-0.25, -0.2) is 9.18 Å². The van der Waals surface area contributed by atoms with E-state index in [9.17, 15) is 33.3 Å². The van der Waals surface area contributed by atoms with Crippen molar-refractivity contribution >= 4 is 73.5 Å². The Morgan fingerprint density at radius 3 is 2.54 bits per heavy atom. The Hall–Kier alpha value is -1.47. The van der Waals surface area contributed by atoms with E-state index in [1.54, 1.807) is 36.4 Å². The van der Waals surface area contributed by atoms with Crippen LogP contribution in [-0.2, 0) is 15.7 Å². The molecule has 0 aromatic heterocycles. The van der Waals surface area contributed by atoms with Crippen molar-refractivity contribution in [1.82, 2.24) is 5.32 Å². The second-order valence-corrected chi connectivity index (χ2v) is 16.0. The third-order valence-corrected chi connectivity index (χ3v) is 12.3. The van der Waals surface area contributed by atoms with Gasteiger partial charge in [-0.1, -0.05) is 0 Å². The van der Waals surface area contributed by atoms with Gasteiger partial charge in [0.15, 0.2) is 0 Å². The predicted octanol–water partition coefficient (Wildman–Crippen LogP) is 3.18. The first-order valence-corrected chi connectivity index (χ1v) is 17.8. The molecule has 2 aromatic rings. The van der Waals surface area contributed by atoms with Crippen LogP contribution in [0.1, 0.15) is 5.56 Å². The van der Waals surface area contributed by atoms with Gasteiger partial charge in [0.2, 0.25) is 0 Å². The first-order chi connectivity index (χ1) is 18.5. The van der Waals surface area contributed by atoms with Crippen LogP contribution in [0, 0.1) is 5.82 Å². The maximum atomic E-state index is 14.8. The molecule has 0 spiro atoms. The Morgan fingerprint density at radius 1 is 1.23 bits per heavy atom. The van der Waals surface area contributed by atoms with E-state index in [0.29, 0.717) is 21.3 Å². The van der Waals surface area contributed by atoms with Gasteiger partial charge in [-0.15, -0.1) is 0 Å². The number of thiocarbonyl (C=S) groups is 1. The molecular weight excluding hydrogens is 607 g/mol. The molecule has 2 fully saturated rings. The summed E-state index contributed by atoms with van der Waals surface area (Å²) in [5, 5.41) is 1.57. The van der Waals surface area contributed by atoms with Crippen LogP contribution in [-0.4, -0.2) is 79.2 Å². The number of thioether (sulfide) groups is 2. The van der Waals surface area contributed by atoms with Crippen LogP contribution in [0.5, 0.6) is 0 Å². The molecule has 0 saturated carbocycles. The molecule has 2 aromatic carbocycles. The number of halogens is 1. The molecule has 0 radical (unpaired) electrons. The zero-order valence-corrected chi connectivity index (χ0v) is 25.1. The summed E-state index contributed by atoms with van der Waals surface area (Å²) in [5.41, 5.74) is 1.53. The third-order valence-electron chi connectivity index (χ3n) is 6.28. The smallest absolute Gasteiger partial charge is 0.368 e. The van der Waals surface area contributed by atoms with E-state index in [0.717, 1.165) is 29.5 Å². The molecule has 39 heavy (non-hydrogen) atoms. The van der Waals surface area contributed by atoms with Crippen molar-refractivity contribution in [2.75, 3.05) is 47.5 Å². The van der Waals surface area contributed by atoms with E-state index in [1.807, 2.05) is 16.7 Å². The Morgan fingerprint density at radius 2 is 1.92 bits per heavy atom. The number of hydrogen-bond acceptors (Lipinski definition) is 10. The molecule has 16 heteroatoms. The number of rotatable bonds is 9. The minimum Gasteiger partial charge on any atom is -0.368 e. The molecule has 4 rings (SSSR count). The first kappa shape index (κ1) is 30.5. The minimum atomic E-state index is -4.75. The monoisotopic (exact) mass is 637 g/mol. The molecular formula is C23H30FN3O7P2S3. The van der Waals surface area contributed by atoms with Crippen molar-refractivity contribution < 1.29 is 38.1 Å². The second kappa shape index (κ2) is 13.5. The van der Waals surface area contributed by atoms with Crippen LogP contribution >= 0.6 is 51.7 Å². The van der Waals surface area contributed by atoms with Gasteiger partial charge in [-0.2, -0.15) is 11.8 Å². The average molecular weight is 638 g/mol. The average Bonchev–Trinajstić information content (AvgIpc) is 3.27. The van der Waals surface area contributed by atoms with E-state index in [-0.39, 0.29) is 25.3 Å². The Balaban J connectivity index is 1.27. The third kappa shape index (κ3) is 8.28. The van der Waals surface area contributed by atoms with Crippen molar-refractivity contribution in [2.24, 2.45) is 0 Å². The van der Waals surface area contributed by atoms with Crippen molar-refractivity contribution in [2.45, 2.75) is 22.8 Å². The van der Waals surface area contributed by atoms with Gasteiger partial charge in [0.05, 0.1) is 11.4 Å². The molecule has 1 amide bonds. The Bertz CT molecular complexity index is 1220. The van der Waals surface area contributed by atoms with Gasteiger partial charge in [0.25, 0.3) is 0 Å². The molecule has 3 atom stereocenters. The van der Waals surface area contributed by atoms with Gasteiger partial charge in [0, 0.05) is 24.6 Å². The van der Waals surface area contributed by atoms with Crippen LogP contribution in [0.3, 0.4) is 0 Å². The van der Waals surface area contributed by atoms with Crippen molar-refractivity contribution in [3.63, 3.8) is 0 Å². The molecule has 0 bridgehead atoms. The minimum absolute atomic E-state index is 0.148. The number of hydrogen-bond donors (Lipinski definition) is 5. The SMILES string of the molecule is O=C1O[C@@H](CNC(=S)Sc2ccc(CC([PH](=O)O)[PH](O)(O)O)cc2)CN1c1ccc(N2CCSCC2)c(F)c1.